The molecule has 0 bridgehead atoms. The summed E-state index contributed by atoms with van der Waals surface area (Å²) in [4.78, 5) is 5.34. The molecule has 0 aromatic heterocycles. The average molecular weight is 351 g/mol. The minimum Gasteiger partial charge on any atom is -0.151 e. The monoisotopic (exact) mass is 350 g/mol. The van der Waals surface area contributed by atoms with E-state index in [0.29, 0.717) is 0 Å². The van der Waals surface area contributed by atoms with Crippen LogP contribution in [0.4, 0.5) is 0 Å². The molecule has 0 fully saturated rings. The van der Waals surface area contributed by atoms with Crippen LogP contribution in [0.3, 0.4) is 0 Å². The van der Waals surface area contributed by atoms with Gasteiger partial charge in [-0.25, -0.2) is 0 Å². The number of hydrogen-bond acceptors (Lipinski definition) is 2. The van der Waals surface area contributed by atoms with Crippen molar-refractivity contribution in [1.82, 2.24) is 9.80 Å². The first kappa shape index (κ1) is 20.6. The molecule has 25 heavy (non-hydrogen) atoms. The van der Waals surface area contributed by atoms with Crippen LogP contribution in [0.2, 0.25) is 0 Å². The van der Waals surface area contributed by atoms with E-state index in [4.69, 9.17) is 0 Å². The molecule has 1 spiro atoms. The Morgan fingerprint density at radius 2 is 0.880 bits per heavy atom. The Labute approximate surface area is 156 Å². The third-order valence-corrected chi connectivity index (χ3v) is 5.33. The van der Waals surface area contributed by atoms with Crippen LogP contribution < -0.4 is 0 Å². The van der Waals surface area contributed by atoms with Crippen LogP contribution >= 0.6 is 0 Å². The molecule has 0 atom stereocenters. The van der Waals surface area contributed by atoms with Crippen LogP contribution in [0.5, 0.6) is 0 Å². The molecule has 2 rings (SSSR count). The molecule has 2 heterocycles. The van der Waals surface area contributed by atoms with Gasteiger partial charge in [-0.2, -0.15) is 9.80 Å². The normalized spacial score (nSPS) is 23.4. The average Bonchev–Trinajstić information content (AvgIpc) is 2.88. The van der Waals surface area contributed by atoms with Crippen molar-refractivity contribution >= 4 is 12.4 Å². The predicted octanol–water partition coefficient (Wildman–Crippen LogP) is 3.59. The van der Waals surface area contributed by atoms with E-state index in [1.165, 1.54) is 0 Å². The van der Waals surface area contributed by atoms with Crippen molar-refractivity contribution in [2.24, 2.45) is 0 Å². The van der Waals surface area contributed by atoms with Gasteiger partial charge in [0.25, 0.3) is 0 Å². The molecule has 0 N–H and O–H groups in total. The van der Waals surface area contributed by atoms with Gasteiger partial charge in [0.2, 0.25) is 0 Å². The van der Waals surface area contributed by atoms with Gasteiger partial charge in [-0.1, -0.05) is 0 Å². The Morgan fingerprint density at radius 3 is 1.08 bits per heavy atom. The summed E-state index contributed by atoms with van der Waals surface area (Å²) in [7, 11) is 0. The lowest BCUT2D eigenvalue weighted by atomic mass is 9.98. The summed E-state index contributed by atoms with van der Waals surface area (Å²) >= 11 is 0. The molecule has 0 aromatic rings. The smallest absolute Gasteiger partial charge is 0.151 e. The van der Waals surface area contributed by atoms with E-state index in [2.05, 4.69) is 114 Å². The zero-order chi connectivity index (χ0) is 19.6. The van der Waals surface area contributed by atoms with Crippen molar-refractivity contribution in [3.8, 4) is 0 Å². The first-order chi connectivity index (χ1) is 10.9. The highest BCUT2D eigenvalue weighted by Gasteiger charge is 2.75. The molecule has 2 aliphatic rings. The summed E-state index contributed by atoms with van der Waals surface area (Å²) in [6.07, 6.45) is 4.84. The molecule has 0 unspecified atom stereocenters. The fourth-order valence-electron chi connectivity index (χ4n) is 4.49. The molecule has 4 heteroatoms. The van der Waals surface area contributed by atoms with E-state index >= 15 is 0 Å². The molecule has 0 aliphatic carbocycles. The van der Waals surface area contributed by atoms with Crippen molar-refractivity contribution in [1.29, 1.82) is 0 Å². The van der Waals surface area contributed by atoms with Gasteiger partial charge < -0.3 is 0 Å². The number of hydrogen-bond donors (Lipinski definition) is 0. The van der Waals surface area contributed by atoms with E-state index in [-0.39, 0.29) is 28.1 Å². The Balaban J connectivity index is 2.83. The van der Waals surface area contributed by atoms with Gasteiger partial charge >= 0.3 is 5.91 Å². The first-order valence-electron chi connectivity index (χ1n) is 9.75. The lowest BCUT2D eigenvalue weighted by molar-refractivity contribution is -0.909. The quantitative estimate of drug-likeness (QED) is 0.619. The van der Waals surface area contributed by atoms with E-state index < -0.39 is 0 Å². The maximum absolute atomic E-state index is 2.67. The fourth-order valence-corrected chi connectivity index (χ4v) is 4.49. The van der Waals surface area contributed by atoms with Gasteiger partial charge in [-0.05, 0) is 41.5 Å². The van der Waals surface area contributed by atoms with Crippen molar-refractivity contribution in [2.75, 3.05) is 13.1 Å². The van der Waals surface area contributed by atoms with Gasteiger partial charge in [0.05, 0.1) is 13.1 Å². The van der Waals surface area contributed by atoms with Crippen LogP contribution in [-0.4, -0.2) is 72.5 Å². The molecular weight excluding hydrogens is 308 g/mol. The van der Waals surface area contributed by atoms with Crippen molar-refractivity contribution in [2.45, 2.75) is 111 Å². The van der Waals surface area contributed by atoms with Crippen LogP contribution in [0.25, 0.3) is 0 Å². The van der Waals surface area contributed by atoms with Gasteiger partial charge in [0.15, 0.2) is 23.5 Å². The van der Waals surface area contributed by atoms with Crippen LogP contribution in [0, 0.1) is 0 Å². The summed E-state index contributed by atoms with van der Waals surface area (Å²) in [6, 6.07) is 0. The zero-order valence-corrected chi connectivity index (χ0v) is 18.9. The first-order valence-corrected chi connectivity index (χ1v) is 9.75. The third kappa shape index (κ3) is 3.21. The van der Waals surface area contributed by atoms with E-state index in [9.17, 15) is 0 Å². The Hall–Kier alpha value is -0.740. The summed E-state index contributed by atoms with van der Waals surface area (Å²) in [5.41, 5.74) is 0.180. The molecule has 144 valence electrons. The molecule has 0 amide bonds. The third-order valence-electron chi connectivity index (χ3n) is 5.33. The molecule has 2 aliphatic heterocycles. The SMILES string of the molecule is CC(C)(C)N1CC=[N+](C(C)(C)C)C12N(C(C)(C)C)CC=[N+]2C(C)(C)C. The molecule has 0 saturated heterocycles. The summed E-state index contributed by atoms with van der Waals surface area (Å²) < 4.78 is 5.20. The van der Waals surface area contributed by atoms with E-state index in [1.54, 1.807) is 0 Å². The summed E-state index contributed by atoms with van der Waals surface area (Å²) in [5.74, 6) is -0.285. The Morgan fingerprint density at radius 1 is 0.600 bits per heavy atom. The second kappa shape index (κ2) is 5.63. The Kier molecular flexibility index (Phi) is 4.63. The minimum atomic E-state index is -0.285. The molecule has 0 saturated carbocycles. The van der Waals surface area contributed by atoms with Gasteiger partial charge in [0, 0.05) is 52.6 Å². The fraction of sp³-hybridized carbons (Fsp3) is 0.905. The van der Waals surface area contributed by atoms with Gasteiger partial charge in [0.1, 0.15) is 0 Å². The zero-order valence-electron chi connectivity index (χ0n) is 18.9. The van der Waals surface area contributed by atoms with Crippen molar-refractivity contribution in [3.63, 3.8) is 0 Å². The van der Waals surface area contributed by atoms with Crippen molar-refractivity contribution in [3.05, 3.63) is 0 Å². The largest absolute Gasteiger partial charge is 0.490 e. The van der Waals surface area contributed by atoms with E-state index in [0.717, 1.165) is 13.1 Å². The highest BCUT2D eigenvalue weighted by Crippen LogP contribution is 2.43. The van der Waals surface area contributed by atoms with Crippen LogP contribution in [0.1, 0.15) is 83.1 Å². The lowest BCUT2D eigenvalue weighted by Crippen LogP contribution is -2.77. The summed E-state index contributed by atoms with van der Waals surface area (Å²) in [5, 5.41) is 0. The molecular formula is C21H42N4+2. The maximum atomic E-state index is 2.67. The second-order valence-corrected chi connectivity index (χ2v) is 11.6. The molecule has 0 radical (unpaired) electrons. The predicted molar refractivity (Wildman–Crippen MR) is 108 cm³/mol. The van der Waals surface area contributed by atoms with Crippen LogP contribution in [0.15, 0.2) is 0 Å². The number of nitrogens with zero attached hydrogens (tertiary/aromatic N) is 4. The maximum Gasteiger partial charge on any atom is 0.490 e. The topological polar surface area (TPSA) is 12.5 Å². The molecule has 4 nitrogen and oxygen atoms in total. The molecule has 0 aromatic carbocycles. The second-order valence-electron chi connectivity index (χ2n) is 11.6. The van der Waals surface area contributed by atoms with Gasteiger partial charge in [-0.15, -0.1) is 9.15 Å². The number of rotatable bonds is 0. The van der Waals surface area contributed by atoms with Crippen LogP contribution in [-0.2, 0) is 0 Å². The van der Waals surface area contributed by atoms with E-state index in [1.807, 2.05) is 0 Å². The highest BCUT2D eigenvalue weighted by atomic mass is 15.7. The standard InChI is InChI=1S/C21H42N4/c1-17(2,3)22-13-14-23(18(4,5)6)21(22)24(19(7,8)9)15-16-25(21)20(10,11)12/h13,15H,14,16H2,1-12H3/q+2. The van der Waals surface area contributed by atoms with Gasteiger partial charge in [-0.3, -0.25) is 0 Å². The lowest BCUT2D eigenvalue weighted by Gasteiger charge is -2.48. The van der Waals surface area contributed by atoms with Crippen molar-refractivity contribution < 1.29 is 9.15 Å². The highest BCUT2D eigenvalue weighted by molar-refractivity contribution is 5.60. The Bertz CT molecular complexity index is 531. The minimum absolute atomic E-state index is 0.0329. The summed E-state index contributed by atoms with van der Waals surface area (Å²) in [6.45, 7) is 30.0.